The van der Waals surface area contributed by atoms with Gasteiger partial charge in [-0.2, -0.15) is 4.98 Å². The fourth-order valence-electron chi connectivity index (χ4n) is 1.55. The van der Waals surface area contributed by atoms with Crippen LogP contribution in [0.4, 0.5) is 0 Å². The second-order valence-corrected chi connectivity index (χ2v) is 4.11. The van der Waals surface area contributed by atoms with Crippen LogP contribution in [0.25, 0.3) is 0 Å². The molecule has 1 aromatic heterocycles. The molecule has 0 bridgehead atoms. The molecule has 1 saturated carbocycles. The lowest BCUT2D eigenvalue weighted by atomic mass is 10.3. The van der Waals surface area contributed by atoms with Gasteiger partial charge in [0, 0.05) is 12.0 Å². The summed E-state index contributed by atoms with van der Waals surface area (Å²) in [7, 11) is 0. The molecule has 0 spiro atoms. The fourth-order valence-corrected chi connectivity index (χ4v) is 1.55. The molecular formula is C12H12N2O3. The highest BCUT2D eigenvalue weighted by molar-refractivity contribution is 5.31. The Labute approximate surface area is 98.0 Å². The third kappa shape index (κ3) is 2.38. The van der Waals surface area contributed by atoms with Crippen LogP contribution in [0, 0.1) is 0 Å². The van der Waals surface area contributed by atoms with Crippen LogP contribution in [0.15, 0.2) is 28.8 Å². The molecule has 1 heterocycles. The van der Waals surface area contributed by atoms with Crippen LogP contribution in [0.1, 0.15) is 30.5 Å². The number of phenols is 1. The molecule has 1 aliphatic rings. The van der Waals surface area contributed by atoms with Gasteiger partial charge >= 0.3 is 0 Å². The molecule has 0 unspecified atom stereocenters. The minimum Gasteiger partial charge on any atom is -0.508 e. The van der Waals surface area contributed by atoms with Gasteiger partial charge in [-0.1, -0.05) is 11.2 Å². The zero-order chi connectivity index (χ0) is 11.7. The molecular weight excluding hydrogens is 220 g/mol. The summed E-state index contributed by atoms with van der Waals surface area (Å²) in [5.74, 6) is 2.48. The first-order valence-corrected chi connectivity index (χ1v) is 5.55. The van der Waals surface area contributed by atoms with Gasteiger partial charge in [-0.05, 0) is 25.0 Å². The Balaban J connectivity index is 1.62. The van der Waals surface area contributed by atoms with Gasteiger partial charge in [0.2, 0.25) is 0 Å². The molecule has 1 fully saturated rings. The highest BCUT2D eigenvalue weighted by Gasteiger charge is 2.28. The van der Waals surface area contributed by atoms with E-state index in [1.54, 1.807) is 18.2 Å². The number of ether oxygens (including phenoxy) is 1. The van der Waals surface area contributed by atoms with Crippen molar-refractivity contribution in [2.45, 2.75) is 25.4 Å². The van der Waals surface area contributed by atoms with E-state index in [9.17, 15) is 5.11 Å². The van der Waals surface area contributed by atoms with Crippen molar-refractivity contribution < 1.29 is 14.4 Å². The second kappa shape index (κ2) is 4.08. The molecule has 1 N–H and O–H groups in total. The summed E-state index contributed by atoms with van der Waals surface area (Å²) < 4.78 is 10.5. The van der Waals surface area contributed by atoms with Gasteiger partial charge in [0.1, 0.15) is 11.5 Å². The average Bonchev–Trinajstić information content (AvgIpc) is 3.07. The van der Waals surface area contributed by atoms with Crippen molar-refractivity contribution in [3.8, 4) is 11.5 Å². The maximum atomic E-state index is 9.26. The van der Waals surface area contributed by atoms with Crippen molar-refractivity contribution >= 4 is 0 Å². The van der Waals surface area contributed by atoms with E-state index in [0.29, 0.717) is 17.6 Å². The second-order valence-electron chi connectivity index (χ2n) is 4.11. The molecule has 0 amide bonds. The van der Waals surface area contributed by atoms with Crippen molar-refractivity contribution in [2.75, 3.05) is 0 Å². The smallest absolute Gasteiger partial charge is 0.264 e. The topological polar surface area (TPSA) is 68.4 Å². The van der Waals surface area contributed by atoms with E-state index in [0.717, 1.165) is 18.7 Å². The molecule has 88 valence electrons. The van der Waals surface area contributed by atoms with Crippen LogP contribution in [0.5, 0.6) is 11.5 Å². The first-order chi connectivity index (χ1) is 8.31. The van der Waals surface area contributed by atoms with E-state index >= 15 is 0 Å². The number of hydrogen-bond donors (Lipinski definition) is 1. The zero-order valence-corrected chi connectivity index (χ0v) is 9.17. The summed E-state index contributed by atoms with van der Waals surface area (Å²) >= 11 is 0. The van der Waals surface area contributed by atoms with Gasteiger partial charge in [-0.15, -0.1) is 0 Å². The number of nitrogens with zero attached hydrogens (tertiary/aromatic N) is 2. The van der Waals surface area contributed by atoms with Crippen LogP contribution < -0.4 is 4.74 Å². The van der Waals surface area contributed by atoms with Crippen LogP contribution in [0.2, 0.25) is 0 Å². The number of aromatic nitrogens is 2. The molecule has 3 rings (SSSR count). The Hall–Kier alpha value is -2.04. The SMILES string of the molecule is Oc1cccc(OCc2nc(C3CC3)no2)c1. The van der Waals surface area contributed by atoms with E-state index in [-0.39, 0.29) is 12.4 Å². The Kier molecular flexibility index (Phi) is 2.44. The largest absolute Gasteiger partial charge is 0.508 e. The predicted molar refractivity (Wildman–Crippen MR) is 58.7 cm³/mol. The highest BCUT2D eigenvalue weighted by atomic mass is 16.5. The standard InChI is InChI=1S/C12H12N2O3/c15-9-2-1-3-10(6-9)16-7-11-13-12(14-17-11)8-4-5-8/h1-3,6,8,15H,4-5,7H2. The van der Waals surface area contributed by atoms with Crippen molar-refractivity contribution in [2.24, 2.45) is 0 Å². The van der Waals surface area contributed by atoms with Crippen molar-refractivity contribution in [1.82, 2.24) is 10.1 Å². The normalized spacial score (nSPS) is 14.8. The Morgan fingerprint density at radius 1 is 1.41 bits per heavy atom. The average molecular weight is 232 g/mol. The molecule has 2 aromatic rings. The molecule has 0 atom stereocenters. The first-order valence-electron chi connectivity index (χ1n) is 5.55. The predicted octanol–water partition coefficient (Wildman–Crippen LogP) is 2.23. The third-order valence-electron chi connectivity index (χ3n) is 2.61. The third-order valence-corrected chi connectivity index (χ3v) is 2.61. The van der Waals surface area contributed by atoms with E-state index in [4.69, 9.17) is 9.26 Å². The molecule has 1 aliphatic carbocycles. The Morgan fingerprint density at radius 3 is 3.06 bits per heavy atom. The zero-order valence-electron chi connectivity index (χ0n) is 9.17. The number of aromatic hydroxyl groups is 1. The van der Waals surface area contributed by atoms with Crippen molar-refractivity contribution in [1.29, 1.82) is 0 Å². The lowest BCUT2D eigenvalue weighted by molar-refractivity contribution is 0.241. The minimum atomic E-state index is 0.173. The Bertz CT molecular complexity index is 520. The van der Waals surface area contributed by atoms with Crippen LogP contribution in [0.3, 0.4) is 0 Å². The van der Waals surface area contributed by atoms with E-state index < -0.39 is 0 Å². The summed E-state index contributed by atoms with van der Waals surface area (Å²) in [6, 6.07) is 6.61. The van der Waals surface area contributed by atoms with Gasteiger partial charge in [0.25, 0.3) is 5.89 Å². The van der Waals surface area contributed by atoms with Gasteiger partial charge in [0.15, 0.2) is 12.4 Å². The quantitative estimate of drug-likeness (QED) is 0.875. The highest BCUT2D eigenvalue weighted by Crippen LogP contribution is 2.38. The molecule has 0 saturated heterocycles. The van der Waals surface area contributed by atoms with Gasteiger partial charge < -0.3 is 14.4 Å². The maximum absolute atomic E-state index is 9.26. The first kappa shape index (κ1) is 10.1. The number of rotatable bonds is 4. The Morgan fingerprint density at radius 2 is 2.29 bits per heavy atom. The van der Waals surface area contributed by atoms with Gasteiger partial charge in [-0.3, -0.25) is 0 Å². The summed E-state index contributed by atoms with van der Waals surface area (Å²) in [5.41, 5.74) is 0. The fraction of sp³-hybridized carbons (Fsp3) is 0.333. The van der Waals surface area contributed by atoms with Crippen molar-refractivity contribution in [3.63, 3.8) is 0 Å². The monoisotopic (exact) mass is 232 g/mol. The van der Waals surface area contributed by atoms with Crippen LogP contribution >= 0.6 is 0 Å². The molecule has 17 heavy (non-hydrogen) atoms. The summed E-state index contributed by atoms with van der Waals surface area (Å²) in [6.45, 7) is 0.225. The van der Waals surface area contributed by atoms with Gasteiger partial charge in [0.05, 0.1) is 0 Å². The summed E-state index contributed by atoms with van der Waals surface area (Å²) in [5, 5.41) is 13.2. The van der Waals surface area contributed by atoms with Crippen LogP contribution in [-0.2, 0) is 6.61 Å². The lowest BCUT2D eigenvalue weighted by Gasteiger charge is -2.02. The number of phenolic OH excluding ortho intramolecular Hbond substituents is 1. The molecule has 0 aliphatic heterocycles. The minimum absolute atomic E-state index is 0.173. The van der Waals surface area contributed by atoms with E-state index in [1.807, 2.05) is 0 Å². The maximum Gasteiger partial charge on any atom is 0.264 e. The molecule has 5 heteroatoms. The number of hydrogen-bond acceptors (Lipinski definition) is 5. The molecule has 1 aromatic carbocycles. The van der Waals surface area contributed by atoms with E-state index in [1.165, 1.54) is 6.07 Å². The van der Waals surface area contributed by atoms with E-state index in [2.05, 4.69) is 10.1 Å². The van der Waals surface area contributed by atoms with Crippen molar-refractivity contribution in [3.05, 3.63) is 36.0 Å². The molecule has 0 radical (unpaired) electrons. The number of benzene rings is 1. The molecule has 5 nitrogen and oxygen atoms in total. The lowest BCUT2D eigenvalue weighted by Crippen LogP contribution is -1.95. The van der Waals surface area contributed by atoms with Crippen LogP contribution in [-0.4, -0.2) is 15.2 Å². The summed E-state index contributed by atoms with van der Waals surface area (Å²) in [4.78, 5) is 4.24. The van der Waals surface area contributed by atoms with Gasteiger partial charge in [-0.25, -0.2) is 0 Å². The summed E-state index contributed by atoms with van der Waals surface area (Å²) in [6.07, 6.45) is 2.29.